The first kappa shape index (κ1) is 17.4. The number of rotatable bonds is 3. The number of hydrogen-bond donors (Lipinski definition) is 1. The highest BCUT2D eigenvalue weighted by Gasteiger charge is 2.49. The number of hydrogen-bond acceptors (Lipinski definition) is 4. The molecule has 0 saturated carbocycles. The molecule has 5 heteroatoms. The lowest BCUT2D eigenvalue weighted by Gasteiger charge is -2.38. The molecule has 5 rings (SSSR count). The number of ether oxygens (including phenoxy) is 1. The van der Waals surface area contributed by atoms with Crippen molar-refractivity contribution < 1.29 is 9.53 Å². The molecular formula is C23H25N3O2. The van der Waals surface area contributed by atoms with Crippen LogP contribution in [0, 0.1) is 0 Å². The predicted molar refractivity (Wildman–Crippen MR) is 109 cm³/mol. The summed E-state index contributed by atoms with van der Waals surface area (Å²) in [6, 6.07) is 12.6. The van der Waals surface area contributed by atoms with Crippen LogP contribution in [0.3, 0.4) is 0 Å². The Morgan fingerprint density at radius 3 is 3.07 bits per heavy atom. The summed E-state index contributed by atoms with van der Waals surface area (Å²) in [4.78, 5) is 20.1. The van der Waals surface area contributed by atoms with Crippen molar-refractivity contribution in [3.8, 4) is 5.88 Å². The van der Waals surface area contributed by atoms with Crippen LogP contribution < -0.4 is 15.0 Å². The van der Waals surface area contributed by atoms with E-state index in [1.54, 1.807) is 13.3 Å². The minimum atomic E-state index is -0.635. The lowest BCUT2D eigenvalue weighted by molar-refractivity contribution is -0.123. The molecule has 1 fully saturated rings. The highest BCUT2D eigenvalue weighted by atomic mass is 16.5. The number of nitrogens with zero attached hydrogens (tertiary/aromatic N) is 2. The van der Waals surface area contributed by atoms with E-state index in [1.807, 2.05) is 23.1 Å². The molecule has 0 radical (unpaired) electrons. The van der Waals surface area contributed by atoms with E-state index in [-0.39, 0.29) is 5.91 Å². The fourth-order valence-electron chi connectivity index (χ4n) is 5.00. The number of aryl methyl sites for hydroxylation is 1. The molecule has 4 heterocycles. The molecule has 0 spiro atoms. The predicted octanol–water partition coefficient (Wildman–Crippen LogP) is 3.35. The van der Waals surface area contributed by atoms with Crippen molar-refractivity contribution >= 4 is 17.2 Å². The number of carbonyl (C=O) groups is 1. The number of pyridine rings is 1. The largest absolute Gasteiger partial charge is 0.481 e. The van der Waals surface area contributed by atoms with Crippen LogP contribution in [0.5, 0.6) is 5.88 Å². The van der Waals surface area contributed by atoms with Crippen LogP contribution in [0.2, 0.25) is 0 Å². The van der Waals surface area contributed by atoms with E-state index in [4.69, 9.17) is 4.74 Å². The summed E-state index contributed by atoms with van der Waals surface area (Å²) in [6.07, 6.45) is 8.67. The zero-order valence-electron chi connectivity index (χ0n) is 16.1. The molecule has 1 amide bonds. The number of amides is 1. The lowest BCUT2D eigenvalue weighted by Crippen LogP contribution is -2.57. The standard InChI is InChI=1S/C23H25N3O2/c1-28-21-19(8-4-12-24-21)17-14-18-10-11-23(15-17,25-18)22(27)26-13-5-7-16-6-2-3-9-20(16)26/h2-4,6,8-9,12,15,18,25H,5,7,10-11,13-14H2,1H3. The molecule has 1 aromatic heterocycles. The first-order chi connectivity index (χ1) is 13.7. The molecule has 28 heavy (non-hydrogen) atoms. The van der Waals surface area contributed by atoms with Gasteiger partial charge in [-0.3, -0.25) is 10.1 Å². The summed E-state index contributed by atoms with van der Waals surface area (Å²) in [5.41, 5.74) is 3.85. The zero-order chi connectivity index (χ0) is 19.1. The van der Waals surface area contributed by atoms with Gasteiger partial charge in [0.2, 0.25) is 5.88 Å². The Morgan fingerprint density at radius 2 is 2.18 bits per heavy atom. The SMILES string of the molecule is COc1ncccc1C1=CC2(C(=O)N3CCCc4ccccc43)CCC(C1)N2. The topological polar surface area (TPSA) is 54.5 Å². The molecule has 1 saturated heterocycles. The molecule has 1 N–H and O–H groups in total. The van der Waals surface area contributed by atoms with E-state index in [0.29, 0.717) is 11.9 Å². The Labute approximate surface area is 165 Å². The Morgan fingerprint density at radius 1 is 1.29 bits per heavy atom. The van der Waals surface area contributed by atoms with E-state index < -0.39 is 5.54 Å². The minimum absolute atomic E-state index is 0.169. The van der Waals surface area contributed by atoms with Crippen molar-refractivity contribution in [2.75, 3.05) is 18.6 Å². The molecule has 144 valence electrons. The molecular weight excluding hydrogens is 350 g/mol. The first-order valence-corrected chi connectivity index (χ1v) is 10.1. The smallest absolute Gasteiger partial charge is 0.251 e. The number of methoxy groups -OCH3 is 1. The van der Waals surface area contributed by atoms with E-state index in [0.717, 1.165) is 55.5 Å². The molecule has 3 aliphatic heterocycles. The van der Waals surface area contributed by atoms with Gasteiger partial charge >= 0.3 is 0 Å². The van der Waals surface area contributed by atoms with E-state index >= 15 is 0 Å². The quantitative estimate of drug-likeness (QED) is 0.894. The second-order valence-corrected chi connectivity index (χ2v) is 7.97. The highest BCUT2D eigenvalue weighted by Crippen LogP contribution is 2.42. The number of aromatic nitrogens is 1. The van der Waals surface area contributed by atoms with E-state index in [2.05, 4.69) is 34.6 Å². The van der Waals surface area contributed by atoms with Crippen molar-refractivity contribution in [3.05, 3.63) is 59.8 Å². The molecule has 2 unspecified atom stereocenters. The maximum atomic E-state index is 13.8. The third-order valence-electron chi connectivity index (χ3n) is 6.28. The van der Waals surface area contributed by atoms with Crippen LogP contribution >= 0.6 is 0 Å². The second kappa shape index (κ2) is 6.74. The van der Waals surface area contributed by atoms with Gasteiger partial charge in [0.15, 0.2) is 0 Å². The summed E-state index contributed by atoms with van der Waals surface area (Å²) in [5, 5.41) is 3.64. The normalized spacial score (nSPS) is 25.8. The monoisotopic (exact) mass is 375 g/mol. The summed E-state index contributed by atoms with van der Waals surface area (Å²) in [5.74, 6) is 0.795. The number of nitrogens with one attached hydrogen (secondary N) is 1. The van der Waals surface area contributed by atoms with Gasteiger partial charge in [-0.15, -0.1) is 0 Å². The molecule has 2 aromatic rings. The number of anilines is 1. The number of carbonyl (C=O) groups excluding carboxylic acids is 1. The maximum Gasteiger partial charge on any atom is 0.251 e. The number of fused-ring (bicyclic) bond motifs is 3. The third-order valence-corrected chi connectivity index (χ3v) is 6.28. The molecule has 0 aliphatic carbocycles. The van der Waals surface area contributed by atoms with Crippen LogP contribution in [-0.4, -0.2) is 36.1 Å². The van der Waals surface area contributed by atoms with Crippen LogP contribution in [0.4, 0.5) is 5.69 Å². The van der Waals surface area contributed by atoms with E-state index in [9.17, 15) is 4.79 Å². The minimum Gasteiger partial charge on any atom is -0.481 e. The van der Waals surface area contributed by atoms with Crippen LogP contribution in [0.1, 0.15) is 36.8 Å². The van der Waals surface area contributed by atoms with Crippen LogP contribution in [-0.2, 0) is 11.2 Å². The summed E-state index contributed by atoms with van der Waals surface area (Å²) in [7, 11) is 1.65. The second-order valence-electron chi connectivity index (χ2n) is 7.97. The maximum absolute atomic E-state index is 13.8. The Kier molecular flexibility index (Phi) is 4.20. The average Bonchev–Trinajstić information content (AvgIpc) is 3.07. The fourth-order valence-corrected chi connectivity index (χ4v) is 5.00. The van der Waals surface area contributed by atoms with Crippen molar-refractivity contribution in [2.24, 2.45) is 0 Å². The lowest BCUT2D eigenvalue weighted by atomic mass is 9.87. The van der Waals surface area contributed by atoms with Gasteiger partial charge in [0, 0.05) is 30.0 Å². The van der Waals surface area contributed by atoms with Crippen molar-refractivity contribution in [2.45, 2.75) is 43.7 Å². The molecule has 5 nitrogen and oxygen atoms in total. The van der Waals surface area contributed by atoms with Gasteiger partial charge in [0.05, 0.1) is 7.11 Å². The first-order valence-electron chi connectivity index (χ1n) is 10.1. The van der Waals surface area contributed by atoms with Crippen LogP contribution in [0.25, 0.3) is 5.57 Å². The van der Waals surface area contributed by atoms with Gasteiger partial charge in [0.25, 0.3) is 5.91 Å². The molecule has 2 atom stereocenters. The van der Waals surface area contributed by atoms with Gasteiger partial charge in [-0.1, -0.05) is 24.3 Å². The van der Waals surface area contributed by atoms with Gasteiger partial charge in [-0.2, -0.15) is 0 Å². The fraction of sp³-hybridized carbons (Fsp3) is 0.391. The molecule has 3 aliphatic rings. The van der Waals surface area contributed by atoms with Crippen molar-refractivity contribution in [3.63, 3.8) is 0 Å². The zero-order valence-corrected chi connectivity index (χ0v) is 16.1. The van der Waals surface area contributed by atoms with Gasteiger partial charge in [0.1, 0.15) is 5.54 Å². The molecule has 1 aromatic carbocycles. The summed E-state index contributed by atoms with van der Waals surface area (Å²) < 4.78 is 5.48. The number of benzene rings is 1. The van der Waals surface area contributed by atoms with Crippen molar-refractivity contribution in [1.82, 2.24) is 10.3 Å². The van der Waals surface area contributed by atoms with Crippen molar-refractivity contribution in [1.29, 1.82) is 0 Å². The molecule has 2 bridgehead atoms. The Hall–Kier alpha value is -2.66. The van der Waals surface area contributed by atoms with Gasteiger partial charge in [-0.25, -0.2) is 4.98 Å². The van der Waals surface area contributed by atoms with Gasteiger partial charge < -0.3 is 9.64 Å². The van der Waals surface area contributed by atoms with Gasteiger partial charge in [-0.05, 0) is 61.4 Å². The number of para-hydroxylation sites is 1. The summed E-state index contributed by atoms with van der Waals surface area (Å²) in [6.45, 7) is 0.781. The third kappa shape index (κ3) is 2.73. The van der Waals surface area contributed by atoms with E-state index in [1.165, 1.54) is 5.56 Å². The Bertz CT molecular complexity index is 954. The summed E-state index contributed by atoms with van der Waals surface area (Å²) >= 11 is 0. The highest BCUT2D eigenvalue weighted by molar-refractivity contribution is 6.04. The average molecular weight is 375 g/mol. The Balaban J connectivity index is 1.55. The van der Waals surface area contributed by atoms with Crippen LogP contribution in [0.15, 0.2) is 48.7 Å².